The fraction of sp³-hybridized carbons (Fsp3) is 0.510. The number of carbonyl (C=O) groups is 3. The van der Waals surface area contributed by atoms with E-state index in [9.17, 15) is 19.5 Å². The third kappa shape index (κ3) is 9.29. The van der Waals surface area contributed by atoms with E-state index in [1.165, 1.54) is 18.4 Å². The molecule has 8 rings (SSSR count). The van der Waals surface area contributed by atoms with Gasteiger partial charge in [0.25, 0.3) is 0 Å². The molecule has 2 saturated heterocycles. The maximum absolute atomic E-state index is 14.1. The quantitative estimate of drug-likeness (QED) is 0.144. The number of aliphatic hydroxyl groups is 1. The number of amides is 1. The van der Waals surface area contributed by atoms with Crippen molar-refractivity contribution in [2.24, 2.45) is 17.3 Å². The van der Waals surface area contributed by atoms with Gasteiger partial charge in [-0.15, -0.1) is 0 Å². The first-order valence-electron chi connectivity index (χ1n) is 22.1. The van der Waals surface area contributed by atoms with Gasteiger partial charge in [-0.2, -0.15) is 0 Å². The zero-order chi connectivity index (χ0) is 43.2. The van der Waals surface area contributed by atoms with Gasteiger partial charge in [0.05, 0.1) is 29.9 Å². The molecule has 10 nitrogen and oxygen atoms in total. The Hall–Kier alpha value is -4.61. The molecule has 3 aromatic rings. The molecular weight excluding hydrogens is 771 g/mol. The zero-order valence-electron chi connectivity index (χ0n) is 36.4. The van der Waals surface area contributed by atoms with Crippen molar-refractivity contribution in [1.29, 1.82) is 0 Å². The van der Waals surface area contributed by atoms with Crippen molar-refractivity contribution >= 4 is 23.9 Å². The van der Waals surface area contributed by atoms with Crippen molar-refractivity contribution in [3.05, 3.63) is 124 Å². The van der Waals surface area contributed by atoms with Gasteiger partial charge in [-0.25, -0.2) is 4.79 Å². The van der Waals surface area contributed by atoms with E-state index in [0.29, 0.717) is 34.5 Å². The van der Waals surface area contributed by atoms with Crippen LogP contribution in [0.2, 0.25) is 0 Å². The number of hydrogen-bond acceptors (Lipinski definition) is 9. The van der Waals surface area contributed by atoms with Gasteiger partial charge in [-0.05, 0) is 107 Å². The molecule has 5 aliphatic rings. The zero-order valence-corrected chi connectivity index (χ0v) is 36.4. The Balaban J connectivity index is 1.03. The van der Waals surface area contributed by atoms with E-state index in [1.54, 1.807) is 39.0 Å². The highest BCUT2D eigenvalue weighted by Crippen LogP contribution is 2.60. The minimum Gasteiger partial charge on any atom is -0.460 e. The topological polar surface area (TPSA) is 133 Å². The van der Waals surface area contributed by atoms with Crippen molar-refractivity contribution < 1.29 is 43.2 Å². The lowest BCUT2D eigenvalue weighted by Gasteiger charge is -2.53. The van der Waals surface area contributed by atoms with Gasteiger partial charge in [-0.1, -0.05) is 98.3 Å². The fourth-order valence-corrected chi connectivity index (χ4v) is 10.1. The fourth-order valence-electron chi connectivity index (χ4n) is 10.1. The third-order valence-electron chi connectivity index (χ3n) is 13.5. The number of esters is 2. The van der Waals surface area contributed by atoms with Crippen LogP contribution < -0.4 is 5.32 Å². The first kappa shape index (κ1) is 43.1. The summed E-state index contributed by atoms with van der Waals surface area (Å²) >= 11 is 0. The van der Waals surface area contributed by atoms with Crippen molar-refractivity contribution in [3.8, 4) is 0 Å². The second-order valence-corrected chi connectivity index (χ2v) is 19.6. The largest absolute Gasteiger partial charge is 0.460 e. The molecule has 3 aliphatic carbocycles. The lowest BCUT2D eigenvalue weighted by molar-refractivity contribution is -0.157. The molecule has 324 valence electrons. The summed E-state index contributed by atoms with van der Waals surface area (Å²) in [5.74, 6) is -1.58. The average molecular weight is 832 g/mol. The molecule has 2 heterocycles. The molecule has 2 N–H and O–H groups in total. The normalized spacial score (nSPS) is 29.8. The van der Waals surface area contributed by atoms with Gasteiger partial charge < -0.3 is 34.1 Å². The lowest BCUT2D eigenvalue weighted by atomic mass is 9.52. The summed E-state index contributed by atoms with van der Waals surface area (Å²) in [7, 11) is 0. The summed E-state index contributed by atoms with van der Waals surface area (Å²) in [6.07, 6.45) is 7.69. The van der Waals surface area contributed by atoms with E-state index in [4.69, 9.17) is 23.7 Å². The Morgan fingerprint density at radius 3 is 2.20 bits per heavy atom. The maximum Gasteiger partial charge on any atom is 0.338 e. The summed E-state index contributed by atoms with van der Waals surface area (Å²) in [5.41, 5.74) is 4.41. The van der Waals surface area contributed by atoms with E-state index in [0.717, 1.165) is 36.0 Å². The molecule has 10 heteroatoms. The predicted molar refractivity (Wildman–Crippen MR) is 231 cm³/mol. The summed E-state index contributed by atoms with van der Waals surface area (Å²) in [6.45, 7) is 12.0. The van der Waals surface area contributed by atoms with Crippen LogP contribution in [0.4, 0.5) is 0 Å². The van der Waals surface area contributed by atoms with Gasteiger partial charge >= 0.3 is 11.9 Å². The molecule has 0 aromatic heterocycles. The molecule has 0 radical (unpaired) electrons. The van der Waals surface area contributed by atoms with Crippen LogP contribution in [0.15, 0.2) is 102 Å². The number of benzene rings is 3. The van der Waals surface area contributed by atoms with Crippen LogP contribution in [-0.2, 0) is 39.1 Å². The Morgan fingerprint density at radius 2 is 1.57 bits per heavy atom. The molecule has 8 atom stereocenters. The van der Waals surface area contributed by atoms with Crippen molar-refractivity contribution in [3.63, 3.8) is 0 Å². The Kier molecular flexibility index (Phi) is 11.9. The second kappa shape index (κ2) is 16.9. The van der Waals surface area contributed by atoms with Gasteiger partial charge in [0.2, 0.25) is 11.7 Å². The molecule has 2 aliphatic heterocycles. The van der Waals surface area contributed by atoms with E-state index < -0.39 is 53.6 Å². The summed E-state index contributed by atoms with van der Waals surface area (Å²) in [4.78, 5) is 40.5. The van der Waals surface area contributed by atoms with Crippen molar-refractivity contribution in [1.82, 2.24) is 5.32 Å². The minimum absolute atomic E-state index is 0.0183. The van der Waals surface area contributed by atoms with Crippen LogP contribution in [0.25, 0.3) is 6.08 Å². The number of nitrogens with one attached hydrogen (secondary N) is 1. The Labute approximate surface area is 360 Å². The van der Waals surface area contributed by atoms with Crippen LogP contribution in [-0.4, -0.2) is 71.2 Å². The molecule has 1 amide bonds. The Bertz CT molecular complexity index is 2100. The van der Waals surface area contributed by atoms with Gasteiger partial charge in [0, 0.05) is 29.5 Å². The standard InChI is InChI=1S/C51H61NO9/c1-48(2,3)60-44(54)24-22-38(31-53)52-46(55)35-28-41(45-42(29-35)58-51(61-45,36-13-9-7-10-14-36)37-15-11-8-12-16-37)57-47(56)33-19-17-32(18-20-33)27-34-21-23-43-50(6,59-43)26-25-40-39(34)30-49(40,4)5/h7-20,27,29,38-43,45,53H,21-26,28,30-31H2,1-6H3,(H,52,55)/t38-,39+,40+,41+,42+,43?,45-,50+/m0/s1. The van der Waals surface area contributed by atoms with Crippen molar-refractivity contribution in [2.75, 3.05) is 6.61 Å². The minimum atomic E-state index is -1.35. The molecule has 0 spiro atoms. The first-order chi connectivity index (χ1) is 29.1. The molecule has 3 aromatic carbocycles. The lowest BCUT2D eigenvalue weighted by Crippen LogP contribution is -2.45. The molecule has 2 saturated carbocycles. The summed E-state index contributed by atoms with van der Waals surface area (Å²) in [6, 6.07) is 26.0. The smallest absolute Gasteiger partial charge is 0.338 e. The number of allylic oxidation sites excluding steroid dienone is 1. The number of fused-ring (bicyclic) bond motifs is 3. The molecule has 0 bridgehead atoms. The van der Waals surface area contributed by atoms with Crippen LogP contribution in [0.5, 0.6) is 0 Å². The highest BCUT2D eigenvalue weighted by molar-refractivity contribution is 5.94. The number of aliphatic hydroxyl groups excluding tert-OH is 1. The van der Waals surface area contributed by atoms with E-state index >= 15 is 0 Å². The average Bonchev–Trinajstić information content (AvgIpc) is 3.68. The van der Waals surface area contributed by atoms with Crippen LogP contribution in [0.1, 0.15) is 120 Å². The number of epoxide rings is 1. The first-order valence-corrected chi connectivity index (χ1v) is 22.1. The second-order valence-electron chi connectivity index (χ2n) is 19.6. The highest BCUT2D eigenvalue weighted by Gasteiger charge is 2.57. The van der Waals surface area contributed by atoms with Crippen LogP contribution in [0, 0.1) is 17.3 Å². The number of carbonyl (C=O) groups excluding carboxylic acids is 3. The molecule has 4 fully saturated rings. The van der Waals surface area contributed by atoms with E-state index in [-0.39, 0.29) is 31.5 Å². The maximum atomic E-state index is 14.1. The van der Waals surface area contributed by atoms with Gasteiger partial charge in [-0.3, -0.25) is 9.59 Å². The predicted octanol–water partition coefficient (Wildman–Crippen LogP) is 8.60. The van der Waals surface area contributed by atoms with Crippen molar-refractivity contribution in [2.45, 2.75) is 140 Å². The van der Waals surface area contributed by atoms with E-state index in [1.807, 2.05) is 72.8 Å². The summed E-state index contributed by atoms with van der Waals surface area (Å²) in [5, 5.41) is 13.1. The summed E-state index contributed by atoms with van der Waals surface area (Å²) < 4.78 is 31.7. The number of ether oxygens (including phenoxy) is 5. The number of rotatable bonds is 11. The third-order valence-corrected chi connectivity index (χ3v) is 13.5. The van der Waals surface area contributed by atoms with Gasteiger partial charge in [0.15, 0.2) is 0 Å². The van der Waals surface area contributed by atoms with Gasteiger partial charge in [0.1, 0.15) is 23.9 Å². The monoisotopic (exact) mass is 831 g/mol. The highest BCUT2D eigenvalue weighted by atomic mass is 16.8. The van der Waals surface area contributed by atoms with Crippen LogP contribution >= 0.6 is 0 Å². The molecule has 1 unspecified atom stereocenters. The van der Waals surface area contributed by atoms with Crippen LogP contribution in [0.3, 0.4) is 0 Å². The number of hydrogen-bond donors (Lipinski definition) is 2. The Morgan fingerprint density at radius 1 is 0.902 bits per heavy atom. The molecular formula is C51H61NO9. The van der Waals surface area contributed by atoms with E-state index in [2.05, 4.69) is 32.2 Å². The SMILES string of the molecule is CC(C)(C)OC(=O)CC[C@@H](CO)NC(=O)C1=C[C@H]2OC(c3ccccc3)(c3ccccc3)O[C@H]2[C@H](OC(=O)c2ccc(C=C3CCC4O[C@]4(C)CC[C@@H]4[C@@H]3CC4(C)C)cc2)C1. The molecule has 61 heavy (non-hydrogen) atoms.